The first-order valence-electron chi connectivity index (χ1n) is 25.6. The maximum absolute atomic E-state index is 12.8. The number of carbonyl (C=O) groups excluding carboxylic acids is 1. The first-order valence-corrected chi connectivity index (χ1v) is 25.6. The van der Waals surface area contributed by atoms with E-state index >= 15 is 0 Å². The lowest BCUT2D eigenvalue weighted by atomic mass is 9.98. The van der Waals surface area contributed by atoms with Crippen molar-refractivity contribution in [1.82, 2.24) is 0 Å². The maximum atomic E-state index is 12.8. The summed E-state index contributed by atoms with van der Waals surface area (Å²) in [5, 5.41) is 71.8. The van der Waals surface area contributed by atoms with E-state index in [1.807, 2.05) is 0 Å². The van der Waals surface area contributed by atoms with Crippen LogP contribution in [0.15, 0.2) is 36.5 Å². The minimum Gasteiger partial charge on any atom is -0.457 e. The van der Waals surface area contributed by atoms with Crippen molar-refractivity contribution in [3.63, 3.8) is 0 Å². The lowest BCUT2D eigenvalue weighted by Crippen LogP contribution is -2.61. The van der Waals surface area contributed by atoms with E-state index in [0.717, 1.165) is 57.8 Å². The van der Waals surface area contributed by atoms with Gasteiger partial charge in [0.25, 0.3) is 0 Å². The van der Waals surface area contributed by atoms with Gasteiger partial charge in [-0.15, -0.1) is 0 Å². The van der Waals surface area contributed by atoms with Crippen molar-refractivity contribution in [2.45, 2.75) is 248 Å². The van der Waals surface area contributed by atoms with Crippen LogP contribution in [0.25, 0.3) is 0 Å². The van der Waals surface area contributed by atoms with E-state index < -0.39 is 86.7 Å². The van der Waals surface area contributed by atoms with Gasteiger partial charge in [0.1, 0.15) is 54.9 Å². The number of carbonyl (C=O) groups is 1. The van der Waals surface area contributed by atoms with Crippen LogP contribution in [-0.4, -0.2) is 142 Å². The number of aliphatic hydroxyl groups is 7. The molecule has 2 saturated heterocycles. The summed E-state index contributed by atoms with van der Waals surface area (Å²) in [5.41, 5.74) is 0. The lowest BCUT2D eigenvalue weighted by Gasteiger charge is -2.42. The maximum Gasteiger partial charge on any atom is 0.306 e. The molecule has 2 aliphatic rings. The Balaban J connectivity index is 1.61. The third-order valence-corrected chi connectivity index (χ3v) is 12.2. The molecule has 2 heterocycles. The highest BCUT2D eigenvalue weighted by molar-refractivity contribution is 5.69. The van der Waals surface area contributed by atoms with Crippen molar-refractivity contribution in [1.29, 1.82) is 0 Å². The van der Waals surface area contributed by atoms with Crippen LogP contribution in [0.1, 0.15) is 181 Å². The van der Waals surface area contributed by atoms with Crippen LogP contribution >= 0.6 is 0 Å². The first kappa shape index (κ1) is 59.3. The Morgan fingerprint density at radius 3 is 1.49 bits per heavy atom. The number of unbranched alkanes of at least 4 members (excludes halogenated alkanes) is 20. The number of allylic oxidation sites excluding steroid dienone is 6. The SMILES string of the molecule is CCCCCCC/C=C\C/C=C\C/C=C\CCCCCCCCCCCCCOCC(COC1OC(COC2OC(CO)C(O)C(O)C2O)C(O)C(O)C1O)OC(=O)CCCCCCC. The molecule has 0 radical (unpaired) electrons. The molecule has 14 heteroatoms. The predicted molar refractivity (Wildman–Crippen MR) is 252 cm³/mol. The van der Waals surface area contributed by atoms with Gasteiger partial charge >= 0.3 is 5.97 Å². The van der Waals surface area contributed by atoms with Gasteiger partial charge in [0.2, 0.25) is 0 Å². The minimum atomic E-state index is -1.70. The van der Waals surface area contributed by atoms with E-state index in [4.69, 9.17) is 28.4 Å². The molecule has 14 nitrogen and oxygen atoms in total. The van der Waals surface area contributed by atoms with E-state index in [1.54, 1.807) is 0 Å². The summed E-state index contributed by atoms with van der Waals surface area (Å²) in [7, 11) is 0. The zero-order valence-corrected chi connectivity index (χ0v) is 40.2. The molecule has 380 valence electrons. The van der Waals surface area contributed by atoms with Gasteiger partial charge in [-0.05, 0) is 51.4 Å². The van der Waals surface area contributed by atoms with Gasteiger partial charge in [-0.1, -0.05) is 159 Å². The van der Waals surface area contributed by atoms with Crippen molar-refractivity contribution >= 4 is 5.97 Å². The smallest absolute Gasteiger partial charge is 0.306 e. The Hall–Kier alpha value is -1.79. The van der Waals surface area contributed by atoms with Crippen LogP contribution in [-0.2, 0) is 33.2 Å². The fourth-order valence-corrected chi connectivity index (χ4v) is 7.94. The first-order chi connectivity index (χ1) is 31.6. The van der Waals surface area contributed by atoms with E-state index in [1.165, 1.54) is 96.3 Å². The highest BCUT2D eigenvalue weighted by atomic mass is 16.7. The van der Waals surface area contributed by atoms with Gasteiger partial charge in [0, 0.05) is 13.0 Å². The molecule has 0 aromatic heterocycles. The zero-order valence-electron chi connectivity index (χ0n) is 40.2. The summed E-state index contributed by atoms with van der Waals surface area (Å²) in [6.07, 6.45) is 27.1. The molecule has 2 fully saturated rings. The van der Waals surface area contributed by atoms with Gasteiger partial charge in [-0.3, -0.25) is 4.79 Å². The fourth-order valence-electron chi connectivity index (χ4n) is 7.94. The quantitative estimate of drug-likeness (QED) is 0.0181. The standard InChI is InChI=1S/C51H92O14/c1-3-5-7-9-10-11-12-13-14-15-16-17-18-19-20-21-22-23-24-25-26-27-28-29-31-33-35-60-37-40(63-43(53)34-32-30-8-6-4-2)38-61-50-49(59)47(57)45(55)42(65-50)39-62-51-48(58)46(56)44(54)41(36-52)64-51/h12-13,15-16,18-19,40-42,44-52,54-59H,3-11,14,17,20-39H2,1-2H3/b13-12-,16-15-,19-18-. The largest absolute Gasteiger partial charge is 0.457 e. The lowest BCUT2D eigenvalue weighted by molar-refractivity contribution is -0.332. The van der Waals surface area contributed by atoms with Crippen LogP contribution < -0.4 is 0 Å². The van der Waals surface area contributed by atoms with Crippen molar-refractivity contribution in [2.24, 2.45) is 0 Å². The van der Waals surface area contributed by atoms with Crippen LogP contribution in [0, 0.1) is 0 Å². The van der Waals surface area contributed by atoms with Crippen LogP contribution in [0.4, 0.5) is 0 Å². The fraction of sp³-hybridized carbons (Fsp3) is 0.863. The van der Waals surface area contributed by atoms with Gasteiger partial charge in [0.05, 0.1) is 26.4 Å². The average molecular weight is 929 g/mol. The highest BCUT2D eigenvalue weighted by Crippen LogP contribution is 2.26. The Morgan fingerprint density at radius 1 is 0.508 bits per heavy atom. The summed E-state index contributed by atoms with van der Waals surface area (Å²) in [6, 6.07) is 0. The van der Waals surface area contributed by atoms with Gasteiger partial charge in [-0.25, -0.2) is 0 Å². The van der Waals surface area contributed by atoms with Crippen molar-refractivity contribution in [3.8, 4) is 0 Å². The van der Waals surface area contributed by atoms with Crippen molar-refractivity contribution < 1.29 is 69.0 Å². The summed E-state index contributed by atoms with van der Waals surface area (Å²) in [5.74, 6) is -0.390. The number of ether oxygens (including phenoxy) is 6. The third kappa shape index (κ3) is 27.1. The molecule has 0 bridgehead atoms. The zero-order chi connectivity index (χ0) is 47.3. The van der Waals surface area contributed by atoms with Gasteiger partial charge < -0.3 is 64.2 Å². The molecule has 7 N–H and O–H groups in total. The molecule has 0 aromatic carbocycles. The molecule has 2 aliphatic heterocycles. The van der Waals surface area contributed by atoms with Crippen LogP contribution in [0.2, 0.25) is 0 Å². The molecular formula is C51H92O14. The van der Waals surface area contributed by atoms with Crippen LogP contribution in [0.5, 0.6) is 0 Å². The monoisotopic (exact) mass is 929 g/mol. The predicted octanol–water partition coefficient (Wildman–Crippen LogP) is 7.41. The molecule has 0 aliphatic carbocycles. The van der Waals surface area contributed by atoms with E-state index in [-0.39, 0.29) is 19.6 Å². The molecule has 65 heavy (non-hydrogen) atoms. The highest BCUT2D eigenvalue weighted by Gasteiger charge is 2.47. The van der Waals surface area contributed by atoms with E-state index in [0.29, 0.717) is 13.0 Å². The summed E-state index contributed by atoms with van der Waals surface area (Å²) in [4.78, 5) is 12.8. The number of hydrogen-bond donors (Lipinski definition) is 7. The third-order valence-electron chi connectivity index (χ3n) is 12.2. The van der Waals surface area contributed by atoms with E-state index in [2.05, 4.69) is 50.3 Å². The molecule has 2 rings (SSSR count). The number of hydrogen-bond acceptors (Lipinski definition) is 14. The number of rotatable bonds is 40. The number of esters is 1. The summed E-state index contributed by atoms with van der Waals surface area (Å²) < 4.78 is 34.0. The summed E-state index contributed by atoms with van der Waals surface area (Å²) >= 11 is 0. The van der Waals surface area contributed by atoms with Crippen molar-refractivity contribution in [3.05, 3.63) is 36.5 Å². The topological polar surface area (TPSA) is 214 Å². The van der Waals surface area contributed by atoms with Gasteiger partial charge in [0.15, 0.2) is 12.6 Å². The molecule has 0 aromatic rings. The average Bonchev–Trinajstić information content (AvgIpc) is 3.30. The van der Waals surface area contributed by atoms with Gasteiger partial charge in [-0.2, -0.15) is 0 Å². The Morgan fingerprint density at radius 2 is 0.954 bits per heavy atom. The van der Waals surface area contributed by atoms with Crippen molar-refractivity contribution in [2.75, 3.05) is 33.0 Å². The Labute approximate surface area is 391 Å². The van der Waals surface area contributed by atoms with E-state index in [9.17, 15) is 40.5 Å². The second kappa shape index (κ2) is 39.1. The Kier molecular flexibility index (Phi) is 35.7. The molecule has 0 spiro atoms. The molecular weight excluding hydrogens is 837 g/mol. The second-order valence-corrected chi connectivity index (χ2v) is 18.0. The summed E-state index contributed by atoms with van der Waals surface area (Å²) in [6.45, 7) is 3.57. The minimum absolute atomic E-state index is 0.0598. The normalized spacial score (nSPS) is 26.8. The second-order valence-electron chi connectivity index (χ2n) is 18.0. The molecule has 11 atom stereocenters. The molecule has 0 saturated carbocycles. The van der Waals surface area contributed by atoms with Crippen LogP contribution in [0.3, 0.4) is 0 Å². The number of aliphatic hydroxyl groups excluding tert-OH is 7. The Bertz CT molecular complexity index is 1220. The molecule has 0 amide bonds. The molecule has 11 unspecified atom stereocenters.